The number of hydrogen-bond donors (Lipinski definition) is 1. The van der Waals surface area contributed by atoms with Crippen molar-refractivity contribution in [3.63, 3.8) is 0 Å². The Labute approximate surface area is 207 Å². The standard InChI is InChI=1S/C30H47NO3/c1-6-26(32)33-21-10-12-28(4)20(15-21)7-8-22-23(28)11-13-29(5)24(22)16-25-27(29)19(3)30(34-25)14-9-18(2)17-31-30/h7,18-19,21-25,27,31H,6,8-17H2,1-5H3/t18-,19-,21-,22+,23-,24-,25-,27-,28-,29-,30+/m0/s1. The third kappa shape index (κ3) is 3.26. The largest absolute Gasteiger partial charge is 0.462 e. The second-order valence-corrected chi connectivity index (χ2v) is 13.6. The van der Waals surface area contributed by atoms with E-state index < -0.39 is 0 Å². The SMILES string of the molecule is CCC(=O)O[C@H]1CC[C@@]2(C)C(=CC[C@H]3[C@@H]4C[C@@H]5O[C@]6(CC[C@H](C)CN6)[C@@H](C)[C@@H]5[C@@]4(C)CC[C@@H]32)C1. The van der Waals surface area contributed by atoms with Crippen molar-refractivity contribution in [1.29, 1.82) is 0 Å². The van der Waals surface area contributed by atoms with Gasteiger partial charge in [0, 0.05) is 25.3 Å². The predicted molar refractivity (Wildman–Crippen MR) is 134 cm³/mol. The molecule has 1 N–H and O–H groups in total. The molecule has 0 bridgehead atoms. The minimum atomic E-state index is -0.0629. The monoisotopic (exact) mass is 469 g/mol. The number of carbonyl (C=O) groups excluding carboxylic acids is 1. The summed E-state index contributed by atoms with van der Waals surface area (Å²) in [5.74, 6) is 4.39. The number of piperidine rings is 1. The first-order chi connectivity index (χ1) is 16.2. The zero-order valence-corrected chi connectivity index (χ0v) is 22.2. The van der Waals surface area contributed by atoms with Gasteiger partial charge in [-0.05, 0) is 91.8 Å². The van der Waals surface area contributed by atoms with Crippen LogP contribution < -0.4 is 5.32 Å². The minimum absolute atomic E-state index is 0.0392. The maximum atomic E-state index is 11.9. The maximum Gasteiger partial charge on any atom is 0.305 e. The first-order valence-corrected chi connectivity index (χ1v) is 14.5. The molecule has 2 heterocycles. The molecule has 0 radical (unpaired) electrons. The topological polar surface area (TPSA) is 47.6 Å². The quantitative estimate of drug-likeness (QED) is 0.384. The summed E-state index contributed by atoms with van der Waals surface area (Å²) >= 11 is 0. The average Bonchev–Trinajstić information content (AvgIpc) is 3.26. The number of carbonyl (C=O) groups is 1. The van der Waals surface area contributed by atoms with Crippen LogP contribution in [0.4, 0.5) is 0 Å². The average molecular weight is 470 g/mol. The van der Waals surface area contributed by atoms with Crippen LogP contribution in [0.15, 0.2) is 11.6 Å². The van der Waals surface area contributed by atoms with Gasteiger partial charge in [0.15, 0.2) is 0 Å². The van der Waals surface area contributed by atoms with E-state index in [0.29, 0.717) is 35.2 Å². The van der Waals surface area contributed by atoms with Crippen molar-refractivity contribution in [2.24, 2.45) is 46.3 Å². The second-order valence-electron chi connectivity index (χ2n) is 13.6. The molecule has 6 aliphatic rings. The van der Waals surface area contributed by atoms with Crippen LogP contribution >= 0.6 is 0 Å². The number of ether oxygens (including phenoxy) is 2. The Morgan fingerprint density at radius 3 is 2.71 bits per heavy atom. The van der Waals surface area contributed by atoms with Crippen LogP contribution in [-0.2, 0) is 14.3 Å². The molecule has 34 heavy (non-hydrogen) atoms. The Hall–Kier alpha value is -0.870. The maximum absolute atomic E-state index is 11.9. The molecule has 2 saturated heterocycles. The van der Waals surface area contributed by atoms with Gasteiger partial charge in [0.05, 0.1) is 6.10 Å². The van der Waals surface area contributed by atoms with Gasteiger partial charge in [0.25, 0.3) is 0 Å². The first-order valence-electron chi connectivity index (χ1n) is 14.5. The molecule has 4 nitrogen and oxygen atoms in total. The molecule has 190 valence electrons. The van der Waals surface area contributed by atoms with Crippen LogP contribution in [0.3, 0.4) is 0 Å². The Bertz CT molecular complexity index is 859. The van der Waals surface area contributed by atoms with Crippen LogP contribution in [0.2, 0.25) is 0 Å². The van der Waals surface area contributed by atoms with E-state index in [2.05, 4.69) is 39.1 Å². The molecular formula is C30H47NO3. The lowest BCUT2D eigenvalue weighted by Gasteiger charge is -2.58. The van der Waals surface area contributed by atoms with E-state index in [1.807, 2.05) is 6.92 Å². The van der Waals surface area contributed by atoms with Crippen LogP contribution in [0.1, 0.15) is 98.8 Å². The van der Waals surface area contributed by atoms with E-state index in [0.717, 1.165) is 43.1 Å². The van der Waals surface area contributed by atoms with Crippen LogP contribution in [0.25, 0.3) is 0 Å². The Balaban J connectivity index is 1.22. The van der Waals surface area contributed by atoms with E-state index >= 15 is 0 Å². The van der Waals surface area contributed by atoms with Gasteiger partial charge in [-0.15, -0.1) is 0 Å². The first kappa shape index (κ1) is 23.5. The number of hydrogen-bond acceptors (Lipinski definition) is 4. The Morgan fingerprint density at radius 2 is 1.97 bits per heavy atom. The number of fused-ring (bicyclic) bond motifs is 7. The molecule has 6 rings (SSSR count). The highest BCUT2D eigenvalue weighted by Gasteiger charge is 2.68. The Kier molecular flexibility index (Phi) is 5.58. The van der Waals surface area contributed by atoms with E-state index in [-0.39, 0.29) is 17.8 Å². The van der Waals surface area contributed by atoms with Gasteiger partial charge < -0.3 is 9.47 Å². The van der Waals surface area contributed by atoms with Crippen LogP contribution in [0.5, 0.6) is 0 Å². The van der Waals surface area contributed by atoms with Gasteiger partial charge in [0.2, 0.25) is 0 Å². The summed E-state index contributed by atoms with van der Waals surface area (Å²) in [7, 11) is 0. The molecule has 1 spiro atoms. The van der Waals surface area contributed by atoms with E-state index in [9.17, 15) is 4.79 Å². The van der Waals surface area contributed by atoms with Gasteiger partial charge in [-0.1, -0.05) is 46.3 Å². The fourth-order valence-corrected chi connectivity index (χ4v) is 10.2. The van der Waals surface area contributed by atoms with E-state index in [1.165, 1.54) is 44.9 Å². The molecule has 4 heteroatoms. The van der Waals surface area contributed by atoms with Gasteiger partial charge in [-0.3, -0.25) is 10.1 Å². The third-order valence-corrected chi connectivity index (χ3v) is 12.1. The normalized spacial score (nSPS) is 54.0. The molecule has 0 amide bonds. The molecular weight excluding hydrogens is 422 g/mol. The summed E-state index contributed by atoms with van der Waals surface area (Å²) < 4.78 is 12.8. The molecule has 3 saturated carbocycles. The molecule has 5 fully saturated rings. The molecule has 0 aromatic heterocycles. The van der Waals surface area contributed by atoms with Gasteiger partial charge in [-0.25, -0.2) is 0 Å². The van der Waals surface area contributed by atoms with Crippen molar-refractivity contribution in [3.8, 4) is 0 Å². The van der Waals surface area contributed by atoms with Crippen molar-refractivity contribution in [2.45, 2.75) is 117 Å². The molecule has 11 atom stereocenters. The fourth-order valence-electron chi connectivity index (χ4n) is 10.2. The Morgan fingerprint density at radius 1 is 1.15 bits per heavy atom. The predicted octanol–water partition coefficient (Wildman–Crippen LogP) is 6.25. The van der Waals surface area contributed by atoms with E-state index in [1.54, 1.807) is 5.57 Å². The number of esters is 1. The highest BCUT2D eigenvalue weighted by Crippen LogP contribution is 2.70. The van der Waals surface area contributed by atoms with Crippen molar-refractivity contribution in [2.75, 3.05) is 6.54 Å². The summed E-state index contributed by atoms with van der Waals surface area (Å²) in [5.41, 5.74) is 2.24. The summed E-state index contributed by atoms with van der Waals surface area (Å²) in [6.07, 6.45) is 14.5. The summed E-state index contributed by atoms with van der Waals surface area (Å²) in [6, 6.07) is 0. The van der Waals surface area contributed by atoms with Crippen LogP contribution in [0, 0.1) is 46.3 Å². The lowest BCUT2D eigenvalue weighted by Crippen LogP contribution is -2.57. The molecule has 0 aromatic rings. The number of allylic oxidation sites excluding steroid dienone is 1. The van der Waals surface area contributed by atoms with Crippen molar-refractivity contribution in [3.05, 3.63) is 11.6 Å². The van der Waals surface area contributed by atoms with Gasteiger partial charge >= 0.3 is 5.97 Å². The molecule has 4 aliphatic carbocycles. The van der Waals surface area contributed by atoms with Crippen molar-refractivity contribution in [1.82, 2.24) is 5.32 Å². The zero-order valence-electron chi connectivity index (χ0n) is 22.2. The lowest BCUT2D eigenvalue weighted by atomic mass is 9.47. The minimum Gasteiger partial charge on any atom is -0.462 e. The van der Waals surface area contributed by atoms with Gasteiger partial charge in [0.1, 0.15) is 11.8 Å². The molecule has 0 aromatic carbocycles. The summed E-state index contributed by atoms with van der Waals surface area (Å²) in [4.78, 5) is 11.9. The summed E-state index contributed by atoms with van der Waals surface area (Å²) in [5, 5.41) is 3.89. The highest BCUT2D eigenvalue weighted by atomic mass is 16.5. The number of nitrogens with one attached hydrogen (secondary N) is 1. The second kappa shape index (κ2) is 8.07. The van der Waals surface area contributed by atoms with E-state index in [4.69, 9.17) is 9.47 Å². The van der Waals surface area contributed by atoms with Gasteiger partial charge in [-0.2, -0.15) is 0 Å². The van der Waals surface area contributed by atoms with Crippen molar-refractivity contribution >= 4 is 5.97 Å². The zero-order chi connectivity index (χ0) is 23.9. The fraction of sp³-hybridized carbons (Fsp3) is 0.900. The van der Waals surface area contributed by atoms with Crippen molar-refractivity contribution < 1.29 is 14.3 Å². The molecule has 0 unspecified atom stereocenters. The smallest absolute Gasteiger partial charge is 0.305 e. The molecule has 2 aliphatic heterocycles. The lowest BCUT2D eigenvalue weighted by molar-refractivity contribution is -0.151. The summed E-state index contributed by atoms with van der Waals surface area (Å²) in [6.45, 7) is 13.1. The highest BCUT2D eigenvalue weighted by molar-refractivity contribution is 5.69. The third-order valence-electron chi connectivity index (χ3n) is 12.1. The van der Waals surface area contributed by atoms with Crippen LogP contribution in [-0.4, -0.2) is 30.4 Å². The number of rotatable bonds is 2.